The van der Waals surface area contributed by atoms with Gasteiger partial charge >= 0.3 is 5.97 Å². The fourth-order valence-electron chi connectivity index (χ4n) is 7.45. The maximum atomic E-state index is 13.8. The van der Waals surface area contributed by atoms with Crippen LogP contribution in [-0.2, 0) is 10.8 Å². The molecule has 36 heavy (non-hydrogen) atoms. The Bertz CT molecular complexity index is 1140. The summed E-state index contributed by atoms with van der Waals surface area (Å²) in [5, 5.41) is 9.17. The van der Waals surface area contributed by atoms with Gasteiger partial charge in [-0.2, -0.15) is 0 Å². The second-order valence-electron chi connectivity index (χ2n) is 12.5. The highest BCUT2D eigenvalue weighted by atomic mass is 32.2. The minimum absolute atomic E-state index is 0.0391. The van der Waals surface area contributed by atoms with Crippen LogP contribution in [0, 0.1) is 17.8 Å². The molecule has 0 heterocycles. The maximum Gasteiger partial charge on any atom is 0.335 e. The molecule has 6 heteroatoms. The molecule has 0 aliphatic heterocycles. The lowest BCUT2D eigenvalue weighted by Crippen LogP contribution is -2.49. The first-order valence-corrected chi connectivity index (χ1v) is 16.4. The van der Waals surface area contributed by atoms with E-state index in [4.69, 9.17) is 4.43 Å². The zero-order valence-corrected chi connectivity index (χ0v) is 23.8. The molecule has 191 valence electrons. The van der Waals surface area contributed by atoms with Gasteiger partial charge in [-0.15, -0.1) is 0 Å². The molecule has 0 spiro atoms. The van der Waals surface area contributed by atoms with Gasteiger partial charge in [0.1, 0.15) is 5.75 Å². The Morgan fingerprint density at radius 2 is 1.50 bits per heavy atom. The second kappa shape index (κ2) is 9.36. The molecule has 1 N–H and O–H groups in total. The quantitative estimate of drug-likeness (QED) is 0.311. The van der Waals surface area contributed by atoms with E-state index in [-0.39, 0.29) is 21.5 Å². The first kappa shape index (κ1) is 25.6. The van der Waals surface area contributed by atoms with Gasteiger partial charge in [0.2, 0.25) is 5.12 Å². The van der Waals surface area contributed by atoms with Crippen LogP contribution in [-0.4, -0.2) is 25.2 Å². The number of rotatable bonds is 6. The van der Waals surface area contributed by atoms with E-state index < -0.39 is 15.0 Å². The van der Waals surface area contributed by atoms with E-state index in [0.29, 0.717) is 5.56 Å². The number of hydrogen-bond donors (Lipinski definition) is 1. The van der Waals surface area contributed by atoms with Crippen molar-refractivity contribution in [2.24, 2.45) is 17.8 Å². The Hall–Kier alpha value is -2.05. The lowest BCUT2D eigenvalue weighted by atomic mass is 9.47. The Morgan fingerprint density at radius 1 is 0.944 bits per heavy atom. The van der Waals surface area contributed by atoms with Gasteiger partial charge in [-0.25, -0.2) is 4.79 Å². The molecule has 1 radical (unpaired) electrons. The van der Waals surface area contributed by atoms with Crippen LogP contribution in [0.1, 0.15) is 91.1 Å². The lowest BCUT2D eigenvalue weighted by Gasteiger charge is -2.58. The maximum absolute atomic E-state index is 13.8. The van der Waals surface area contributed by atoms with E-state index in [2.05, 4.69) is 39.9 Å². The van der Waals surface area contributed by atoms with Gasteiger partial charge in [0.25, 0.3) is 9.04 Å². The summed E-state index contributed by atoms with van der Waals surface area (Å²) >= 11 is 1.16. The largest absolute Gasteiger partial charge is 0.542 e. The summed E-state index contributed by atoms with van der Waals surface area (Å²) < 4.78 is 6.70. The van der Waals surface area contributed by atoms with Gasteiger partial charge < -0.3 is 9.53 Å². The molecule has 0 aromatic heterocycles. The zero-order valence-electron chi connectivity index (χ0n) is 22.0. The normalized spacial score (nSPS) is 26.9. The molecule has 2 aromatic rings. The third-order valence-electron chi connectivity index (χ3n) is 8.37. The molecule has 0 unspecified atom stereocenters. The highest BCUT2D eigenvalue weighted by molar-refractivity contribution is 8.14. The van der Waals surface area contributed by atoms with Crippen molar-refractivity contribution in [2.75, 3.05) is 0 Å². The Morgan fingerprint density at radius 3 is 1.97 bits per heavy atom. The Labute approximate surface area is 220 Å². The number of thioether (sulfide) groups is 1. The van der Waals surface area contributed by atoms with Crippen LogP contribution in [0.25, 0.3) is 0 Å². The predicted molar refractivity (Wildman–Crippen MR) is 147 cm³/mol. The van der Waals surface area contributed by atoms with E-state index in [1.165, 1.54) is 49.7 Å². The third kappa shape index (κ3) is 4.79. The molecule has 4 aliphatic carbocycles. The zero-order chi connectivity index (χ0) is 25.8. The molecule has 4 nitrogen and oxygen atoms in total. The van der Waals surface area contributed by atoms with E-state index in [1.807, 2.05) is 6.07 Å². The van der Waals surface area contributed by atoms with Gasteiger partial charge in [0.05, 0.1) is 11.1 Å². The summed E-state index contributed by atoms with van der Waals surface area (Å²) in [4.78, 5) is 25.7. The molecular weight excluding hydrogens is 484 g/mol. The van der Waals surface area contributed by atoms with Crippen LogP contribution in [0.4, 0.5) is 0 Å². The van der Waals surface area contributed by atoms with Crippen molar-refractivity contribution in [3.8, 4) is 5.75 Å². The van der Waals surface area contributed by atoms with Crippen molar-refractivity contribution in [3.05, 3.63) is 58.7 Å². The van der Waals surface area contributed by atoms with Crippen LogP contribution in [0.15, 0.2) is 41.3 Å². The number of benzene rings is 2. The number of carbonyl (C=O) groups is 2. The Kier molecular flexibility index (Phi) is 6.65. The van der Waals surface area contributed by atoms with Crippen molar-refractivity contribution in [1.82, 2.24) is 0 Å². The minimum atomic E-state index is -1.11. The van der Waals surface area contributed by atoms with Crippen LogP contribution in [0.5, 0.6) is 5.75 Å². The van der Waals surface area contributed by atoms with Crippen LogP contribution in [0.3, 0.4) is 0 Å². The van der Waals surface area contributed by atoms with Gasteiger partial charge in [-0.3, -0.25) is 4.79 Å². The van der Waals surface area contributed by atoms with Gasteiger partial charge in [-0.05, 0) is 122 Å². The SMILES string of the molecule is C[Si](C)Oc1c(C(=O)Sc2ccc(C(=O)O)cc2)ccc(C(C)(C)C)c1C12CC3CC(CC(C3)C1)C2. The van der Waals surface area contributed by atoms with E-state index in [1.54, 1.807) is 24.3 Å². The van der Waals surface area contributed by atoms with Gasteiger partial charge in [-0.1, -0.05) is 26.8 Å². The number of carboxylic acids is 1. The van der Waals surface area contributed by atoms with Gasteiger partial charge in [0, 0.05) is 15.9 Å². The topological polar surface area (TPSA) is 63.6 Å². The Balaban J connectivity index is 1.61. The average Bonchev–Trinajstić information content (AvgIpc) is 2.77. The summed E-state index contributed by atoms with van der Waals surface area (Å²) in [6.45, 7) is 11.1. The summed E-state index contributed by atoms with van der Waals surface area (Å²) in [7, 11) is -1.11. The number of aromatic carboxylic acids is 1. The fourth-order valence-corrected chi connectivity index (χ4v) is 8.83. The second-order valence-corrected chi connectivity index (χ2v) is 15.6. The summed E-state index contributed by atoms with van der Waals surface area (Å²) in [6.07, 6.45) is 7.77. The van der Waals surface area contributed by atoms with Crippen molar-refractivity contribution in [2.45, 2.75) is 88.1 Å². The minimum Gasteiger partial charge on any atom is -0.542 e. The summed E-state index contributed by atoms with van der Waals surface area (Å²) in [5.41, 5.74) is 3.59. The first-order chi connectivity index (χ1) is 16.9. The predicted octanol–water partition coefficient (Wildman–Crippen LogP) is 7.71. The van der Waals surface area contributed by atoms with E-state index >= 15 is 0 Å². The van der Waals surface area contributed by atoms with E-state index in [9.17, 15) is 14.7 Å². The van der Waals surface area contributed by atoms with E-state index in [0.717, 1.165) is 40.2 Å². The number of hydrogen-bond acceptors (Lipinski definition) is 4. The van der Waals surface area contributed by atoms with Crippen molar-refractivity contribution >= 4 is 31.9 Å². The molecule has 4 bridgehead atoms. The van der Waals surface area contributed by atoms with Crippen molar-refractivity contribution < 1.29 is 19.1 Å². The smallest absolute Gasteiger partial charge is 0.335 e. The molecule has 0 saturated heterocycles. The average molecular weight is 522 g/mol. The molecule has 4 aliphatic rings. The summed E-state index contributed by atoms with van der Waals surface area (Å²) in [5.74, 6) is 2.26. The number of carbonyl (C=O) groups excluding carboxylic acids is 1. The highest BCUT2D eigenvalue weighted by Gasteiger charge is 2.54. The third-order valence-corrected chi connectivity index (χ3v) is 9.90. The monoisotopic (exact) mass is 521 g/mol. The molecule has 4 saturated carbocycles. The molecule has 2 aromatic carbocycles. The standard InChI is InChI=1S/C30H37O4SSi/c1-29(2,3)24-11-10-23(28(33)35-22-8-6-21(7-9-22)27(31)32)26(34-36(4)5)25(24)30-15-18-12-19(16-30)14-20(13-18)17-30/h6-11,18-20H,12-17H2,1-5H3,(H,31,32). The highest BCUT2D eigenvalue weighted by Crippen LogP contribution is 2.63. The lowest BCUT2D eigenvalue weighted by molar-refractivity contribution is -0.00659. The molecular formula is C30H37O4SSi. The van der Waals surface area contributed by atoms with Crippen LogP contribution < -0.4 is 4.43 Å². The van der Waals surface area contributed by atoms with Crippen molar-refractivity contribution in [3.63, 3.8) is 0 Å². The van der Waals surface area contributed by atoms with Gasteiger partial charge in [0.15, 0.2) is 0 Å². The van der Waals surface area contributed by atoms with Crippen molar-refractivity contribution in [1.29, 1.82) is 0 Å². The van der Waals surface area contributed by atoms with Crippen LogP contribution >= 0.6 is 11.8 Å². The fraction of sp³-hybridized carbons (Fsp3) is 0.533. The molecule has 4 fully saturated rings. The molecule has 0 atom stereocenters. The first-order valence-electron chi connectivity index (χ1n) is 13.2. The summed E-state index contributed by atoms with van der Waals surface area (Å²) in [6, 6.07) is 10.7. The number of carboxylic acid groups (broad SMARTS) is 1. The molecule has 0 amide bonds. The molecule has 6 rings (SSSR count). The van der Waals surface area contributed by atoms with Crippen LogP contribution in [0.2, 0.25) is 13.1 Å².